The highest BCUT2D eigenvalue weighted by Gasteiger charge is 2.33. The van der Waals surface area contributed by atoms with E-state index < -0.39 is 40.4 Å². The lowest BCUT2D eigenvalue weighted by Gasteiger charge is -2.13. The molecule has 2 heterocycles. The van der Waals surface area contributed by atoms with Crippen LogP contribution in [0.5, 0.6) is 0 Å². The molecule has 0 bridgehead atoms. The van der Waals surface area contributed by atoms with Crippen LogP contribution in [0, 0.1) is 0 Å². The molecule has 0 aliphatic rings. The molecule has 0 radical (unpaired) electrons. The molecule has 3 N–H and O–H groups in total. The lowest BCUT2D eigenvalue weighted by Crippen LogP contribution is -2.20. The van der Waals surface area contributed by atoms with E-state index in [2.05, 4.69) is 25.9 Å². The molecule has 0 unspecified atom stereocenters. The van der Waals surface area contributed by atoms with Gasteiger partial charge in [0, 0.05) is 34.9 Å². The highest BCUT2D eigenvalue weighted by Crippen LogP contribution is 2.36. The maximum atomic E-state index is 13.1. The molecule has 5 rings (SSSR count). The van der Waals surface area contributed by atoms with Gasteiger partial charge in [0.2, 0.25) is 0 Å². The second-order valence-corrected chi connectivity index (χ2v) is 9.41. The molecule has 43 heavy (non-hydrogen) atoms. The monoisotopic (exact) mass is 618 g/mol. The van der Waals surface area contributed by atoms with Crippen molar-refractivity contribution in [3.05, 3.63) is 107 Å². The topological polar surface area (TPSA) is 100 Å². The number of fused-ring (bicyclic) bond motifs is 1. The van der Waals surface area contributed by atoms with Crippen molar-refractivity contribution < 1.29 is 35.9 Å². The summed E-state index contributed by atoms with van der Waals surface area (Å²) in [5.74, 6) is -0.831. The summed E-state index contributed by atoms with van der Waals surface area (Å²) in [7, 11) is 0. The highest BCUT2D eigenvalue weighted by atomic mass is 35.5. The summed E-state index contributed by atoms with van der Waals surface area (Å²) in [6.07, 6.45) is -4.96. The van der Waals surface area contributed by atoms with Gasteiger partial charge in [-0.15, -0.1) is 0 Å². The normalized spacial score (nSPS) is 11.8. The first-order chi connectivity index (χ1) is 20.3. The largest absolute Gasteiger partial charge is 0.417 e. The Kier molecular flexibility index (Phi) is 7.71. The third-order valence-corrected chi connectivity index (χ3v) is 6.39. The first kappa shape index (κ1) is 29.4. The van der Waals surface area contributed by atoms with Crippen molar-refractivity contribution in [3.8, 4) is 11.3 Å². The number of imidazole rings is 1. The van der Waals surface area contributed by atoms with E-state index in [1.165, 1.54) is 24.5 Å². The number of nitrogens with zero attached hydrogens (tertiary/aromatic N) is 3. The summed E-state index contributed by atoms with van der Waals surface area (Å²) >= 11 is 5.62. The van der Waals surface area contributed by atoms with Gasteiger partial charge in [-0.25, -0.2) is 14.8 Å². The molecule has 0 aliphatic heterocycles. The third kappa shape index (κ3) is 6.54. The SMILES string of the molecule is O=C(Nc1cccc(-c2cnc3c(NC(=O)c4cccc(C(F)(F)F)c4)nccn23)c1)Nc1ccc(Cl)c(C(F)(F)F)c1. The molecule has 0 saturated heterocycles. The van der Waals surface area contributed by atoms with Gasteiger partial charge in [0.15, 0.2) is 11.5 Å². The van der Waals surface area contributed by atoms with Crippen molar-refractivity contribution in [2.45, 2.75) is 12.4 Å². The Balaban J connectivity index is 1.34. The molecule has 0 atom stereocenters. The molecule has 220 valence electrons. The van der Waals surface area contributed by atoms with Crippen LogP contribution in [0.1, 0.15) is 21.5 Å². The average molecular weight is 619 g/mol. The number of amides is 3. The summed E-state index contributed by atoms with van der Waals surface area (Å²) in [4.78, 5) is 33.6. The summed E-state index contributed by atoms with van der Waals surface area (Å²) in [5.41, 5.74) is -0.882. The molecule has 0 aliphatic carbocycles. The molecular formula is C28H17ClF6N6O2. The van der Waals surface area contributed by atoms with E-state index in [4.69, 9.17) is 11.6 Å². The zero-order valence-corrected chi connectivity index (χ0v) is 22.1. The van der Waals surface area contributed by atoms with Crippen LogP contribution in [-0.4, -0.2) is 26.3 Å². The van der Waals surface area contributed by atoms with Gasteiger partial charge in [0.1, 0.15) is 0 Å². The van der Waals surface area contributed by atoms with Gasteiger partial charge < -0.3 is 16.0 Å². The Morgan fingerprint density at radius 2 is 1.51 bits per heavy atom. The molecule has 0 saturated carbocycles. The van der Waals surface area contributed by atoms with Crippen LogP contribution in [0.25, 0.3) is 16.9 Å². The van der Waals surface area contributed by atoms with Crippen molar-refractivity contribution in [2.24, 2.45) is 0 Å². The zero-order chi connectivity index (χ0) is 30.9. The molecule has 8 nitrogen and oxygen atoms in total. The summed E-state index contributed by atoms with van der Waals surface area (Å²) in [5, 5.41) is 6.84. The Labute approximate surface area is 243 Å². The fourth-order valence-corrected chi connectivity index (χ4v) is 4.33. The number of anilines is 3. The summed E-state index contributed by atoms with van der Waals surface area (Å²) in [6.45, 7) is 0. The predicted molar refractivity (Wildman–Crippen MR) is 147 cm³/mol. The van der Waals surface area contributed by atoms with Gasteiger partial charge in [-0.2, -0.15) is 26.3 Å². The minimum absolute atomic E-state index is 0.00832. The Morgan fingerprint density at radius 3 is 2.23 bits per heavy atom. The molecule has 0 spiro atoms. The van der Waals surface area contributed by atoms with E-state index in [-0.39, 0.29) is 22.7 Å². The second kappa shape index (κ2) is 11.3. The van der Waals surface area contributed by atoms with Gasteiger partial charge in [0.25, 0.3) is 5.91 Å². The van der Waals surface area contributed by atoms with Crippen LogP contribution in [0.3, 0.4) is 0 Å². The minimum Gasteiger partial charge on any atom is -0.308 e. The van der Waals surface area contributed by atoms with Crippen molar-refractivity contribution in [1.82, 2.24) is 14.4 Å². The number of benzene rings is 3. The fraction of sp³-hybridized carbons (Fsp3) is 0.0714. The van der Waals surface area contributed by atoms with Crippen LogP contribution in [-0.2, 0) is 12.4 Å². The first-order valence-electron chi connectivity index (χ1n) is 12.2. The molecule has 5 aromatic rings. The average Bonchev–Trinajstić information content (AvgIpc) is 3.38. The first-order valence-corrected chi connectivity index (χ1v) is 12.5. The van der Waals surface area contributed by atoms with E-state index in [1.54, 1.807) is 34.9 Å². The summed E-state index contributed by atoms with van der Waals surface area (Å²) < 4.78 is 80.2. The van der Waals surface area contributed by atoms with Gasteiger partial charge in [-0.05, 0) is 48.5 Å². The number of urea groups is 1. The predicted octanol–water partition coefficient (Wildman–Crippen LogP) is 7.98. The van der Waals surface area contributed by atoms with E-state index in [9.17, 15) is 35.9 Å². The van der Waals surface area contributed by atoms with Crippen LogP contribution in [0.2, 0.25) is 5.02 Å². The van der Waals surface area contributed by atoms with Crippen molar-refractivity contribution in [3.63, 3.8) is 0 Å². The van der Waals surface area contributed by atoms with Gasteiger partial charge >= 0.3 is 18.4 Å². The van der Waals surface area contributed by atoms with E-state index in [0.29, 0.717) is 23.0 Å². The Bertz CT molecular complexity index is 1850. The molecule has 3 aromatic carbocycles. The van der Waals surface area contributed by atoms with Crippen molar-refractivity contribution in [2.75, 3.05) is 16.0 Å². The number of carbonyl (C=O) groups excluding carboxylic acids is 2. The Morgan fingerprint density at radius 1 is 0.791 bits per heavy atom. The van der Waals surface area contributed by atoms with Crippen LogP contribution in [0.15, 0.2) is 85.3 Å². The maximum absolute atomic E-state index is 13.1. The third-order valence-electron chi connectivity index (χ3n) is 6.06. The number of carbonyl (C=O) groups is 2. The number of hydrogen-bond acceptors (Lipinski definition) is 4. The standard InChI is InChI=1S/C28H17ClF6N6O2/c29-21-8-7-19(13-20(21)28(33,34)35)39-26(43)38-18-6-2-3-15(12-18)22-14-37-24-23(36-9-10-41(22)24)40-25(42)16-4-1-5-17(11-16)27(30,31)32/h1-14H,(H,36,40,42)(H2,38,39,43). The number of hydrogen-bond donors (Lipinski definition) is 3. The lowest BCUT2D eigenvalue weighted by atomic mass is 10.1. The number of aromatic nitrogens is 3. The van der Waals surface area contributed by atoms with Gasteiger partial charge in [-0.1, -0.05) is 29.8 Å². The van der Waals surface area contributed by atoms with Gasteiger partial charge in [-0.3, -0.25) is 9.20 Å². The van der Waals surface area contributed by atoms with Crippen molar-refractivity contribution in [1.29, 1.82) is 0 Å². The van der Waals surface area contributed by atoms with E-state index in [0.717, 1.165) is 24.3 Å². The quantitative estimate of drug-likeness (QED) is 0.174. The molecule has 3 amide bonds. The van der Waals surface area contributed by atoms with Crippen LogP contribution >= 0.6 is 11.6 Å². The minimum atomic E-state index is -4.70. The fourth-order valence-electron chi connectivity index (χ4n) is 4.11. The number of halogens is 7. The second-order valence-electron chi connectivity index (χ2n) is 9.00. The number of rotatable bonds is 5. The lowest BCUT2D eigenvalue weighted by molar-refractivity contribution is -0.138. The molecule has 2 aromatic heterocycles. The smallest absolute Gasteiger partial charge is 0.308 e. The van der Waals surface area contributed by atoms with Gasteiger partial charge in [0.05, 0.1) is 28.0 Å². The van der Waals surface area contributed by atoms with Crippen molar-refractivity contribution >= 4 is 46.4 Å². The zero-order valence-electron chi connectivity index (χ0n) is 21.4. The van der Waals surface area contributed by atoms with E-state index >= 15 is 0 Å². The Hall–Kier alpha value is -5.11. The van der Waals surface area contributed by atoms with E-state index in [1.807, 2.05) is 0 Å². The highest BCUT2D eigenvalue weighted by molar-refractivity contribution is 6.31. The van der Waals surface area contributed by atoms with Crippen LogP contribution in [0.4, 0.5) is 48.3 Å². The van der Waals surface area contributed by atoms with Crippen LogP contribution < -0.4 is 16.0 Å². The molecule has 0 fully saturated rings. The maximum Gasteiger partial charge on any atom is 0.417 e. The number of alkyl halides is 6. The summed E-state index contributed by atoms with van der Waals surface area (Å²) in [6, 6.07) is 12.5. The molecular weight excluding hydrogens is 602 g/mol. The number of nitrogens with one attached hydrogen (secondary N) is 3. The molecule has 15 heteroatoms.